The summed E-state index contributed by atoms with van der Waals surface area (Å²) < 4.78 is 78.0. The Morgan fingerprint density at radius 1 is 1.14 bits per heavy atom. The number of benzene rings is 3. The van der Waals surface area contributed by atoms with Crippen molar-refractivity contribution in [2.75, 3.05) is 24.5 Å². The molecule has 12 heteroatoms. The van der Waals surface area contributed by atoms with Crippen molar-refractivity contribution in [2.45, 2.75) is 39.1 Å². The van der Waals surface area contributed by atoms with E-state index in [2.05, 4.69) is 11.6 Å². The highest BCUT2D eigenvalue weighted by molar-refractivity contribution is 6.02. The van der Waals surface area contributed by atoms with Crippen molar-refractivity contribution >= 4 is 22.6 Å². The summed E-state index contributed by atoms with van der Waals surface area (Å²) in [5.74, 6) is -2.12. The number of piperazine rings is 1. The van der Waals surface area contributed by atoms with Crippen molar-refractivity contribution in [1.82, 2.24) is 14.5 Å². The highest BCUT2D eigenvalue weighted by Crippen LogP contribution is 2.48. The molecule has 1 saturated heterocycles. The zero-order chi connectivity index (χ0) is 31.5. The molecule has 3 aromatic carbocycles. The van der Waals surface area contributed by atoms with E-state index in [1.165, 1.54) is 36.4 Å². The molecule has 228 valence electrons. The summed E-state index contributed by atoms with van der Waals surface area (Å²) in [4.78, 5) is 34.1. The molecule has 4 aromatic rings. The quantitative estimate of drug-likeness (QED) is 0.214. The monoisotopic (exact) mass is 610 g/mol. The van der Waals surface area contributed by atoms with Gasteiger partial charge in [-0.1, -0.05) is 30.8 Å². The van der Waals surface area contributed by atoms with Crippen LogP contribution in [0.15, 0.2) is 59.9 Å². The first-order valence-corrected chi connectivity index (χ1v) is 13.9. The van der Waals surface area contributed by atoms with Crippen molar-refractivity contribution < 1.29 is 31.5 Å². The molecular formula is C32H27F5N4O3. The van der Waals surface area contributed by atoms with Gasteiger partial charge in [-0.3, -0.25) is 9.36 Å². The molecule has 0 radical (unpaired) electrons. The summed E-state index contributed by atoms with van der Waals surface area (Å²) in [6, 6.07) is 9.38. The van der Waals surface area contributed by atoms with Gasteiger partial charge in [0.05, 0.1) is 12.1 Å². The fourth-order valence-corrected chi connectivity index (χ4v) is 6.19. The predicted octanol–water partition coefficient (Wildman–Crippen LogP) is 5.86. The number of aromatic nitrogens is 2. The second-order valence-electron chi connectivity index (χ2n) is 11.0. The van der Waals surface area contributed by atoms with E-state index in [1.807, 2.05) is 11.8 Å². The number of amides is 1. The van der Waals surface area contributed by atoms with Crippen LogP contribution < -0.4 is 15.3 Å². The highest BCUT2D eigenvalue weighted by atomic mass is 19.4. The smallest absolute Gasteiger partial charge is 0.393 e. The van der Waals surface area contributed by atoms with Crippen LogP contribution in [-0.2, 0) is 17.8 Å². The number of nitrogens with zero attached hydrogens (tertiary/aromatic N) is 4. The van der Waals surface area contributed by atoms with Crippen LogP contribution >= 0.6 is 0 Å². The van der Waals surface area contributed by atoms with Crippen LogP contribution in [0, 0.1) is 18.6 Å². The van der Waals surface area contributed by atoms with E-state index < -0.39 is 29.9 Å². The lowest BCUT2D eigenvalue weighted by Crippen LogP contribution is -2.54. The van der Waals surface area contributed by atoms with Gasteiger partial charge in [0.2, 0.25) is 5.91 Å². The first-order chi connectivity index (χ1) is 20.9. The third-order valence-corrected chi connectivity index (χ3v) is 8.12. The van der Waals surface area contributed by atoms with Crippen LogP contribution in [0.25, 0.3) is 27.7 Å². The summed E-state index contributed by atoms with van der Waals surface area (Å²) in [5, 5.41) is 0.373. The van der Waals surface area contributed by atoms with E-state index in [-0.39, 0.29) is 58.0 Å². The Balaban J connectivity index is 1.67. The van der Waals surface area contributed by atoms with Gasteiger partial charge in [0.15, 0.2) is 17.4 Å². The topological polar surface area (TPSA) is 67.7 Å². The fraction of sp³-hybridized carbons (Fsp3) is 0.281. The number of rotatable bonds is 4. The summed E-state index contributed by atoms with van der Waals surface area (Å²) >= 11 is 0. The minimum atomic E-state index is -4.58. The molecule has 1 amide bonds. The largest absolute Gasteiger partial charge is 0.486 e. The van der Waals surface area contributed by atoms with E-state index in [0.717, 1.165) is 10.6 Å². The number of alkyl halides is 3. The molecule has 0 spiro atoms. The first-order valence-electron chi connectivity index (χ1n) is 13.9. The highest BCUT2D eigenvalue weighted by Gasteiger charge is 2.34. The average Bonchev–Trinajstić information content (AvgIpc) is 2.98. The molecule has 2 aliphatic rings. The molecule has 0 unspecified atom stereocenters. The number of hydrogen-bond acceptors (Lipinski definition) is 5. The molecule has 2 aliphatic heterocycles. The number of fused-ring (bicyclic) bond motifs is 5. The number of anilines is 1. The third kappa shape index (κ3) is 4.87. The van der Waals surface area contributed by atoms with Gasteiger partial charge in [-0.15, -0.1) is 0 Å². The molecule has 6 rings (SSSR count). The number of ether oxygens (including phenoxy) is 1. The van der Waals surface area contributed by atoms with E-state index >= 15 is 4.39 Å². The summed E-state index contributed by atoms with van der Waals surface area (Å²) in [5.41, 5.74) is 0.0128. The van der Waals surface area contributed by atoms with E-state index in [0.29, 0.717) is 36.1 Å². The number of halogens is 5. The minimum absolute atomic E-state index is 0.0310. The summed E-state index contributed by atoms with van der Waals surface area (Å²) in [6.45, 7) is 7.85. The van der Waals surface area contributed by atoms with Gasteiger partial charge >= 0.3 is 11.9 Å². The maximum absolute atomic E-state index is 15.4. The minimum Gasteiger partial charge on any atom is -0.486 e. The number of hydrogen-bond donors (Lipinski definition) is 0. The van der Waals surface area contributed by atoms with Gasteiger partial charge in [0.1, 0.15) is 17.9 Å². The summed E-state index contributed by atoms with van der Waals surface area (Å²) in [6.07, 6.45) is -4.66. The molecule has 0 N–H and O–H groups in total. The fourth-order valence-electron chi connectivity index (χ4n) is 6.19. The van der Waals surface area contributed by atoms with Crippen molar-refractivity contribution in [3.05, 3.63) is 93.9 Å². The van der Waals surface area contributed by atoms with Gasteiger partial charge < -0.3 is 14.5 Å². The van der Waals surface area contributed by atoms with Gasteiger partial charge in [-0.2, -0.15) is 18.2 Å². The molecule has 0 bridgehead atoms. The van der Waals surface area contributed by atoms with E-state index in [4.69, 9.17) is 4.74 Å². The average molecular weight is 611 g/mol. The van der Waals surface area contributed by atoms with Gasteiger partial charge in [-0.05, 0) is 49.2 Å². The lowest BCUT2D eigenvalue weighted by molar-refractivity contribution is -0.127. The maximum atomic E-state index is 15.4. The van der Waals surface area contributed by atoms with E-state index in [1.54, 1.807) is 17.9 Å². The summed E-state index contributed by atoms with van der Waals surface area (Å²) in [7, 11) is 0. The Morgan fingerprint density at radius 3 is 2.59 bits per heavy atom. The molecule has 1 atom stereocenters. The molecule has 0 saturated carbocycles. The lowest BCUT2D eigenvalue weighted by Gasteiger charge is -2.40. The number of carbonyl (C=O) groups excluding carboxylic acids is 1. The van der Waals surface area contributed by atoms with Crippen molar-refractivity contribution in [1.29, 1.82) is 0 Å². The number of para-hydroxylation sites is 1. The van der Waals surface area contributed by atoms with Gasteiger partial charge in [0, 0.05) is 47.8 Å². The van der Waals surface area contributed by atoms with Crippen LogP contribution in [0.1, 0.15) is 23.6 Å². The Labute approximate surface area is 248 Å². The second kappa shape index (κ2) is 10.8. The van der Waals surface area contributed by atoms with Gasteiger partial charge in [-0.25, -0.2) is 13.6 Å². The van der Waals surface area contributed by atoms with E-state index in [9.17, 15) is 27.2 Å². The SMILES string of the molecule is C=CC(=O)N1CCN(c2nc(=O)n(-c3ccccc3CC(F)(F)F)c3c4c(c(C)cc23)-c2c(ccc(F)c2F)CO4)[C@@H](C)C1. The predicted molar refractivity (Wildman–Crippen MR) is 155 cm³/mol. The standard InChI is InChI=1S/C32H27F5N4O3/c1-4-24(42)39-11-12-40(18(3)15-39)30-21-13-17(2)25-26-20(9-10-22(33)27(26)34)16-44-29(25)28(21)41(31(43)38-30)23-8-6-5-7-19(23)14-32(35,36)37/h4-10,13,18H,1,11-12,14-16H2,2-3H3/t18-/m0/s1. The molecular weight excluding hydrogens is 583 g/mol. The molecule has 7 nitrogen and oxygen atoms in total. The first kappa shape index (κ1) is 29.3. The van der Waals surface area contributed by atoms with Crippen LogP contribution in [0.2, 0.25) is 0 Å². The normalized spacial score (nSPS) is 16.4. The van der Waals surface area contributed by atoms with Crippen LogP contribution in [-0.4, -0.2) is 52.2 Å². The van der Waals surface area contributed by atoms with Gasteiger partial charge in [0.25, 0.3) is 0 Å². The van der Waals surface area contributed by atoms with Crippen molar-refractivity contribution in [3.63, 3.8) is 0 Å². The van der Waals surface area contributed by atoms with Crippen molar-refractivity contribution in [2.24, 2.45) is 0 Å². The second-order valence-corrected chi connectivity index (χ2v) is 11.0. The van der Waals surface area contributed by atoms with Crippen molar-refractivity contribution in [3.8, 4) is 22.6 Å². The van der Waals surface area contributed by atoms with Crippen LogP contribution in [0.4, 0.5) is 27.8 Å². The van der Waals surface area contributed by atoms with Crippen LogP contribution in [0.3, 0.4) is 0 Å². The molecule has 0 aliphatic carbocycles. The van der Waals surface area contributed by atoms with Crippen LogP contribution in [0.5, 0.6) is 5.75 Å². The number of carbonyl (C=O) groups is 1. The zero-order valence-electron chi connectivity index (χ0n) is 23.8. The maximum Gasteiger partial charge on any atom is 0.393 e. The Morgan fingerprint density at radius 2 is 1.89 bits per heavy atom. The Bertz CT molecular complexity index is 1900. The molecule has 1 fully saturated rings. The molecule has 44 heavy (non-hydrogen) atoms. The molecule has 1 aromatic heterocycles. The Kier molecular flexibility index (Phi) is 7.17. The molecule has 3 heterocycles. The Hall–Kier alpha value is -4.74. The lowest BCUT2D eigenvalue weighted by atomic mass is 9.90. The number of aryl methyl sites for hydroxylation is 1. The zero-order valence-corrected chi connectivity index (χ0v) is 23.8. The third-order valence-electron chi connectivity index (χ3n) is 8.12.